The van der Waals surface area contributed by atoms with E-state index in [4.69, 9.17) is 16.0 Å². The topological polar surface area (TPSA) is 84.8 Å². The van der Waals surface area contributed by atoms with E-state index in [-0.39, 0.29) is 34.1 Å². The summed E-state index contributed by atoms with van der Waals surface area (Å²) in [6.07, 6.45) is 1.40. The second kappa shape index (κ2) is 8.05. The molecule has 3 rings (SSSR count). The van der Waals surface area contributed by atoms with Crippen LogP contribution < -0.4 is 20.3 Å². The number of methoxy groups -OCH3 is 1. The van der Waals surface area contributed by atoms with Gasteiger partial charge in [0, 0.05) is 24.0 Å². The molecule has 7 nitrogen and oxygen atoms in total. The van der Waals surface area contributed by atoms with Gasteiger partial charge in [0.25, 0.3) is 5.91 Å². The van der Waals surface area contributed by atoms with E-state index in [0.717, 1.165) is 6.07 Å². The normalized spacial score (nSPS) is 10.0. The minimum Gasteiger partial charge on any atom is -0.493 e. The Kier molecular flexibility index (Phi) is 5.37. The molecule has 0 bridgehead atoms. The number of hydrogen-bond acceptors (Lipinski definition) is 4. The lowest BCUT2D eigenvalue weighted by Crippen LogP contribution is -2.15. The molecule has 0 saturated carbocycles. The third-order valence-electron chi connectivity index (χ3n) is 3.72. The van der Waals surface area contributed by atoms with Crippen LogP contribution in [0.15, 0.2) is 59.5 Å². The van der Waals surface area contributed by atoms with Gasteiger partial charge in [-0.25, -0.2) is 9.24 Å². The van der Waals surface area contributed by atoms with Gasteiger partial charge in [0.05, 0.1) is 19.2 Å². The van der Waals surface area contributed by atoms with Crippen LogP contribution in [0.2, 0.25) is 0 Å². The summed E-state index contributed by atoms with van der Waals surface area (Å²) in [6.45, 7) is 7.16. The Morgan fingerprint density at radius 2 is 1.93 bits per heavy atom. The molecule has 0 spiro atoms. The number of anilines is 1. The molecule has 0 aliphatic heterocycles. The number of aromatic nitrogens is 1. The molecule has 0 aliphatic carbocycles. The van der Waals surface area contributed by atoms with Crippen molar-refractivity contribution in [1.82, 2.24) is 4.98 Å². The number of H-pyrrole nitrogens is 1. The quantitative estimate of drug-likeness (QED) is 0.653. The first kappa shape index (κ1) is 18.7. The van der Waals surface area contributed by atoms with E-state index in [1.54, 1.807) is 0 Å². The molecule has 0 radical (unpaired) electrons. The van der Waals surface area contributed by atoms with Crippen molar-refractivity contribution in [3.8, 4) is 17.2 Å². The van der Waals surface area contributed by atoms with Crippen LogP contribution in [0.5, 0.6) is 17.2 Å². The Bertz CT molecular complexity index is 1130. The van der Waals surface area contributed by atoms with Gasteiger partial charge in [-0.3, -0.25) is 9.59 Å². The van der Waals surface area contributed by atoms with Crippen LogP contribution in [0.4, 0.5) is 15.8 Å². The Hall–Kier alpha value is -4.12. The van der Waals surface area contributed by atoms with Crippen LogP contribution >= 0.6 is 0 Å². The molecule has 1 aromatic heterocycles. The zero-order valence-electron chi connectivity index (χ0n) is 14.7. The molecular formula is C20H14FN3O4. The van der Waals surface area contributed by atoms with Crippen molar-refractivity contribution in [1.29, 1.82) is 0 Å². The number of halogens is 1. The van der Waals surface area contributed by atoms with E-state index in [2.05, 4.69) is 15.1 Å². The first-order valence-electron chi connectivity index (χ1n) is 8.03. The van der Waals surface area contributed by atoms with Crippen molar-refractivity contribution in [2.45, 2.75) is 0 Å². The van der Waals surface area contributed by atoms with Crippen LogP contribution in [0.3, 0.4) is 0 Å². The van der Waals surface area contributed by atoms with Gasteiger partial charge in [0.1, 0.15) is 11.6 Å². The molecule has 8 heteroatoms. The number of carbonyl (C=O) groups is 1. The van der Waals surface area contributed by atoms with Crippen molar-refractivity contribution in [3.63, 3.8) is 0 Å². The lowest BCUT2D eigenvalue weighted by Gasteiger charge is -2.14. The minimum absolute atomic E-state index is 0.0840. The predicted molar refractivity (Wildman–Crippen MR) is 101 cm³/mol. The van der Waals surface area contributed by atoms with Gasteiger partial charge in [0.15, 0.2) is 17.2 Å². The van der Waals surface area contributed by atoms with E-state index in [1.807, 2.05) is 0 Å². The van der Waals surface area contributed by atoms with Crippen molar-refractivity contribution >= 4 is 17.3 Å². The summed E-state index contributed by atoms with van der Waals surface area (Å²) in [5.41, 5.74) is 0.310. The van der Waals surface area contributed by atoms with E-state index in [0.29, 0.717) is 5.69 Å². The predicted octanol–water partition coefficient (Wildman–Crippen LogP) is 4.12. The molecule has 0 unspecified atom stereocenters. The zero-order valence-corrected chi connectivity index (χ0v) is 14.7. The number of rotatable bonds is 5. The molecular weight excluding hydrogens is 365 g/mol. The zero-order chi connectivity index (χ0) is 20.1. The summed E-state index contributed by atoms with van der Waals surface area (Å²) in [7, 11) is 1.36. The molecule has 28 heavy (non-hydrogen) atoms. The second-order valence-electron chi connectivity index (χ2n) is 5.59. The average Bonchev–Trinajstić information content (AvgIpc) is 2.69. The van der Waals surface area contributed by atoms with Gasteiger partial charge in [-0.05, 0) is 24.3 Å². The highest BCUT2D eigenvalue weighted by Gasteiger charge is 2.17. The monoisotopic (exact) mass is 379 g/mol. The number of nitrogens with one attached hydrogen (secondary N) is 2. The number of nitrogens with zero attached hydrogens (tertiary/aromatic N) is 1. The molecule has 3 aromatic rings. The number of aromatic amines is 1. The summed E-state index contributed by atoms with van der Waals surface area (Å²) < 4.78 is 24.3. The van der Waals surface area contributed by atoms with Crippen molar-refractivity contribution < 1.29 is 18.7 Å². The lowest BCUT2D eigenvalue weighted by molar-refractivity contribution is 0.102. The Morgan fingerprint density at radius 3 is 2.64 bits per heavy atom. The number of hydrogen-bond donors (Lipinski definition) is 2. The Balaban J connectivity index is 1.97. The van der Waals surface area contributed by atoms with E-state index >= 15 is 0 Å². The largest absolute Gasteiger partial charge is 0.493 e. The van der Waals surface area contributed by atoms with Crippen molar-refractivity contribution in [2.75, 3.05) is 12.4 Å². The van der Waals surface area contributed by atoms with Crippen molar-refractivity contribution in [3.05, 3.63) is 87.9 Å². The van der Waals surface area contributed by atoms with E-state index in [9.17, 15) is 14.0 Å². The first-order valence-corrected chi connectivity index (χ1v) is 8.03. The number of amides is 1. The molecule has 140 valence electrons. The third-order valence-corrected chi connectivity index (χ3v) is 3.72. The summed E-state index contributed by atoms with van der Waals surface area (Å²) >= 11 is 0. The maximum absolute atomic E-state index is 13.4. The lowest BCUT2D eigenvalue weighted by atomic mass is 10.1. The van der Waals surface area contributed by atoms with Gasteiger partial charge < -0.3 is 19.8 Å². The van der Waals surface area contributed by atoms with Crippen LogP contribution in [0, 0.1) is 12.4 Å². The van der Waals surface area contributed by atoms with Crippen LogP contribution in [0.1, 0.15) is 10.4 Å². The number of pyridine rings is 1. The van der Waals surface area contributed by atoms with Gasteiger partial charge in [-0.15, -0.1) is 0 Å². The molecule has 0 aliphatic rings. The number of ether oxygens (including phenoxy) is 2. The smallest absolute Gasteiger partial charge is 0.259 e. The summed E-state index contributed by atoms with van der Waals surface area (Å²) in [5, 5.41) is 2.59. The Morgan fingerprint density at radius 1 is 1.11 bits per heavy atom. The fourth-order valence-electron chi connectivity index (χ4n) is 2.42. The molecule has 1 amide bonds. The highest BCUT2D eigenvalue weighted by molar-refractivity contribution is 6.06. The second-order valence-corrected chi connectivity index (χ2v) is 5.59. The number of benzene rings is 2. The first-order chi connectivity index (χ1) is 13.5. The molecule has 2 aromatic carbocycles. The third kappa shape index (κ3) is 4.16. The maximum Gasteiger partial charge on any atom is 0.259 e. The van der Waals surface area contributed by atoms with Gasteiger partial charge in [-0.1, -0.05) is 12.1 Å². The average molecular weight is 379 g/mol. The maximum atomic E-state index is 13.4. The molecule has 1 heterocycles. The fourth-order valence-corrected chi connectivity index (χ4v) is 2.42. The van der Waals surface area contributed by atoms with Crippen LogP contribution in [-0.2, 0) is 0 Å². The van der Waals surface area contributed by atoms with E-state index in [1.165, 1.54) is 55.8 Å². The van der Waals surface area contributed by atoms with Crippen LogP contribution in [0.25, 0.3) is 4.85 Å². The fraction of sp³-hybridized carbons (Fsp3) is 0.0500. The number of carbonyl (C=O) groups excluding carboxylic acids is 1. The summed E-state index contributed by atoms with van der Waals surface area (Å²) in [5.74, 6) is -0.657. The molecule has 0 fully saturated rings. The summed E-state index contributed by atoms with van der Waals surface area (Å²) in [4.78, 5) is 29.8. The molecule has 2 N–H and O–H groups in total. The van der Waals surface area contributed by atoms with Gasteiger partial charge in [-0.2, -0.15) is 0 Å². The Labute approximate surface area is 159 Å². The molecule has 0 atom stereocenters. The summed E-state index contributed by atoms with van der Waals surface area (Å²) in [6, 6.07) is 10.7. The van der Waals surface area contributed by atoms with Gasteiger partial charge >= 0.3 is 0 Å². The van der Waals surface area contributed by atoms with E-state index < -0.39 is 11.7 Å². The highest BCUT2D eigenvalue weighted by atomic mass is 19.1. The SMILES string of the molecule is [C-]#[N+]c1ccc(C(=O)Nc2cc[nH]c(=O)c2)c(Oc2ccc(F)cc2OC)c1. The van der Waals surface area contributed by atoms with Gasteiger partial charge in [0.2, 0.25) is 5.56 Å². The van der Waals surface area contributed by atoms with Crippen molar-refractivity contribution in [2.24, 2.45) is 0 Å². The minimum atomic E-state index is -0.543. The molecule has 0 saturated heterocycles. The van der Waals surface area contributed by atoms with Crippen LogP contribution in [-0.4, -0.2) is 18.0 Å². The highest BCUT2D eigenvalue weighted by Crippen LogP contribution is 2.35. The standard InChI is InChI=1S/C20H14FN3O4/c1-22-13-4-5-15(20(26)24-14-7-8-23-19(25)11-14)17(10-13)28-16-6-3-12(21)9-18(16)27-2/h3-11H,2H3,(H2,23,24,25,26).